The van der Waals surface area contributed by atoms with Crippen LogP contribution in [0.15, 0.2) is 53.9 Å². The van der Waals surface area contributed by atoms with Crippen molar-refractivity contribution in [2.45, 2.75) is 19.6 Å². The van der Waals surface area contributed by atoms with Crippen LogP contribution in [0, 0.1) is 0 Å². The molecule has 0 bridgehead atoms. The van der Waals surface area contributed by atoms with E-state index in [1.54, 1.807) is 25.6 Å². The molecular formula is C24H28N4O3S. The number of anilines is 1. The largest absolute Gasteiger partial charge is 0.497 e. The highest BCUT2D eigenvalue weighted by Crippen LogP contribution is 2.27. The lowest BCUT2D eigenvalue weighted by Crippen LogP contribution is -2.47. The summed E-state index contributed by atoms with van der Waals surface area (Å²) in [6.45, 7) is 3.85. The van der Waals surface area contributed by atoms with E-state index in [-0.39, 0.29) is 5.91 Å². The predicted molar refractivity (Wildman–Crippen MR) is 126 cm³/mol. The molecule has 1 amide bonds. The minimum atomic E-state index is 0.121. The number of hydrogen-bond donors (Lipinski definition) is 1. The number of nitrogens with zero attached hydrogens (tertiary/aromatic N) is 3. The second-order valence-corrected chi connectivity index (χ2v) is 8.51. The van der Waals surface area contributed by atoms with Gasteiger partial charge < -0.3 is 24.6 Å². The molecule has 1 aliphatic rings. The Morgan fingerprint density at radius 3 is 2.31 bits per heavy atom. The molecular weight excluding hydrogens is 424 g/mol. The summed E-state index contributed by atoms with van der Waals surface area (Å²) >= 11 is 1.60. The Kier molecular flexibility index (Phi) is 7.24. The molecule has 32 heavy (non-hydrogen) atoms. The smallest absolute Gasteiger partial charge is 0.236 e. The number of rotatable bonds is 9. The first kappa shape index (κ1) is 22.1. The fraction of sp³-hybridized carbons (Fsp3) is 0.333. The van der Waals surface area contributed by atoms with Crippen LogP contribution in [0.25, 0.3) is 0 Å². The van der Waals surface area contributed by atoms with Crippen LogP contribution in [0.5, 0.6) is 11.5 Å². The molecule has 2 heterocycles. The molecule has 168 valence electrons. The number of aromatic nitrogens is 1. The van der Waals surface area contributed by atoms with Gasteiger partial charge in [0.25, 0.3) is 0 Å². The maximum absolute atomic E-state index is 12.1. The molecule has 0 radical (unpaired) electrons. The van der Waals surface area contributed by atoms with Gasteiger partial charge in [0.1, 0.15) is 11.5 Å². The molecule has 8 heteroatoms. The molecule has 1 aromatic heterocycles. The topological polar surface area (TPSA) is 66.9 Å². The lowest BCUT2D eigenvalue weighted by molar-refractivity contribution is -0.132. The van der Waals surface area contributed by atoms with Gasteiger partial charge in [0.05, 0.1) is 33.0 Å². The van der Waals surface area contributed by atoms with E-state index in [1.807, 2.05) is 41.3 Å². The van der Waals surface area contributed by atoms with Gasteiger partial charge in [-0.2, -0.15) is 0 Å². The molecule has 1 saturated heterocycles. The first-order chi connectivity index (χ1) is 15.6. The molecule has 0 atom stereocenters. The molecule has 1 fully saturated rings. The molecule has 2 aromatic carbocycles. The Hall–Kier alpha value is -3.10. The molecule has 1 aliphatic heterocycles. The first-order valence-corrected chi connectivity index (χ1v) is 11.5. The summed E-state index contributed by atoms with van der Waals surface area (Å²) in [5.41, 5.74) is 3.20. The van der Waals surface area contributed by atoms with Crippen molar-refractivity contribution < 1.29 is 14.3 Å². The van der Waals surface area contributed by atoms with Gasteiger partial charge in [-0.3, -0.25) is 4.79 Å². The van der Waals surface area contributed by atoms with Crippen molar-refractivity contribution >= 4 is 22.4 Å². The van der Waals surface area contributed by atoms with Crippen LogP contribution in [0.3, 0.4) is 0 Å². The van der Waals surface area contributed by atoms with Crippen molar-refractivity contribution in [3.05, 3.63) is 70.7 Å². The van der Waals surface area contributed by atoms with E-state index in [0.717, 1.165) is 40.0 Å². The number of carbonyl (C=O) groups is 1. The second-order valence-electron chi connectivity index (χ2n) is 7.67. The molecule has 3 aromatic rings. The quantitative estimate of drug-likeness (QED) is 0.537. The number of nitrogens with one attached hydrogen (secondary N) is 1. The van der Waals surface area contributed by atoms with Crippen LogP contribution in [0.4, 0.5) is 5.13 Å². The van der Waals surface area contributed by atoms with E-state index in [1.165, 1.54) is 0 Å². The maximum atomic E-state index is 12.1. The molecule has 4 rings (SSSR count). The average molecular weight is 453 g/mol. The highest BCUT2D eigenvalue weighted by atomic mass is 32.1. The fourth-order valence-corrected chi connectivity index (χ4v) is 4.51. The van der Waals surface area contributed by atoms with Crippen LogP contribution < -0.4 is 19.7 Å². The second kappa shape index (κ2) is 10.5. The first-order valence-electron chi connectivity index (χ1n) is 10.6. The van der Waals surface area contributed by atoms with Crippen LogP contribution in [-0.4, -0.2) is 49.6 Å². The van der Waals surface area contributed by atoms with Crippen molar-refractivity contribution in [2.75, 3.05) is 38.8 Å². The van der Waals surface area contributed by atoms with Crippen LogP contribution in [-0.2, 0) is 24.4 Å². The third-order valence-corrected chi connectivity index (χ3v) is 6.32. The van der Waals surface area contributed by atoms with Crippen molar-refractivity contribution in [1.29, 1.82) is 0 Å². The maximum Gasteiger partial charge on any atom is 0.236 e. The Bertz CT molecular complexity index is 1010. The number of benzene rings is 2. The van der Waals surface area contributed by atoms with Crippen molar-refractivity contribution in [1.82, 2.24) is 15.2 Å². The summed E-state index contributed by atoms with van der Waals surface area (Å²) in [5.74, 6) is 1.79. The summed E-state index contributed by atoms with van der Waals surface area (Å²) in [7, 11) is 3.36. The summed E-state index contributed by atoms with van der Waals surface area (Å²) in [6, 6.07) is 16.2. The van der Waals surface area contributed by atoms with Gasteiger partial charge in [0.15, 0.2) is 5.13 Å². The minimum absolute atomic E-state index is 0.121. The standard InChI is InChI=1S/C24H28N4O3S/c1-30-21-7-3-5-18(11-21)14-28(15-19-6-4-8-22(12-19)31-2)24-26-20(17-32-24)16-27-10-9-25-13-23(27)29/h3-8,11-12,17,25H,9-10,13-16H2,1-2H3. The van der Waals surface area contributed by atoms with Gasteiger partial charge in [-0.15, -0.1) is 11.3 Å². The number of carbonyl (C=O) groups excluding carboxylic acids is 1. The SMILES string of the molecule is COc1cccc(CN(Cc2cccc(OC)c2)c2nc(CN3CCNCC3=O)cs2)c1. The molecule has 7 nitrogen and oxygen atoms in total. The summed E-state index contributed by atoms with van der Waals surface area (Å²) in [5, 5.41) is 6.08. The summed E-state index contributed by atoms with van der Waals surface area (Å²) in [6.07, 6.45) is 0. The van der Waals surface area contributed by atoms with E-state index in [9.17, 15) is 4.79 Å². The molecule has 0 saturated carbocycles. The van der Waals surface area contributed by atoms with Crippen LogP contribution in [0.2, 0.25) is 0 Å². The van der Waals surface area contributed by atoms with Gasteiger partial charge in [-0.1, -0.05) is 24.3 Å². The van der Waals surface area contributed by atoms with Gasteiger partial charge >= 0.3 is 0 Å². The third kappa shape index (κ3) is 5.57. The monoisotopic (exact) mass is 452 g/mol. The Balaban J connectivity index is 1.56. The Morgan fingerprint density at radius 1 is 1.06 bits per heavy atom. The number of hydrogen-bond acceptors (Lipinski definition) is 7. The van der Waals surface area contributed by atoms with Gasteiger partial charge in [-0.05, 0) is 35.4 Å². The number of ether oxygens (including phenoxy) is 2. The zero-order valence-electron chi connectivity index (χ0n) is 18.4. The molecule has 1 N–H and O–H groups in total. The van der Waals surface area contributed by atoms with Gasteiger partial charge in [0.2, 0.25) is 5.91 Å². The average Bonchev–Trinajstić information content (AvgIpc) is 3.29. The highest BCUT2D eigenvalue weighted by molar-refractivity contribution is 7.13. The van der Waals surface area contributed by atoms with E-state index >= 15 is 0 Å². The number of thiazole rings is 1. The van der Waals surface area contributed by atoms with Crippen molar-refractivity contribution in [2.24, 2.45) is 0 Å². The zero-order chi connectivity index (χ0) is 22.3. The van der Waals surface area contributed by atoms with Gasteiger partial charge in [0, 0.05) is 31.6 Å². The predicted octanol–water partition coefficient (Wildman–Crippen LogP) is 3.30. The number of amides is 1. The summed E-state index contributed by atoms with van der Waals surface area (Å²) in [4.78, 5) is 21.1. The van der Waals surface area contributed by atoms with Crippen LogP contribution >= 0.6 is 11.3 Å². The van der Waals surface area contributed by atoms with Crippen molar-refractivity contribution in [3.63, 3.8) is 0 Å². The minimum Gasteiger partial charge on any atom is -0.497 e. The fourth-order valence-electron chi connectivity index (χ4n) is 3.70. The molecule has 0 spiro atoms. The van der Waals surface area contributed by atoms with E-state index in [0.29, 0.717) is 32.7 Å². The van der Waals surface area contributed by atoms with Crippen LogP contribution in [0.1, 0.15) is 16.8 Å². The Morgan fingerprint density at radius 2 is 1.72 bits per heavy atom. The third-order valence-electron chi connectivity index (χ3n) is 5.37. The lowest BCUT2D eigenvalue weighted by Gasteiger charge is -2.26. The molecule has 0 aliphatic carbocycles. The Labute approximate surface area is 192 Å². The zero-order valence-corrected chi connectivity index (χ0v) is 19.2. The van der Waals surface area contributed by atoms with E-state index < -0.39 is 0 Å². The van der Waals surface area contributed by atoms with Gasteiger partial charge in [-0.25, -0.2) is 4.98 Å². The summed E-state index contributed by atoms with van der Waals surface area (Å²) < 4.78 is 10.8. The number of piperazine rings is 1. The van der Waals surface area contributed by atoms with E-state index in [2.05, 4.69) is 27.7 Å². The number of methoxy groups -OCH3 is 2. The highest BCUT2D eigenvalue weighted by Gasteiger charge is 2.20. The van der Waals surface area contributed by atoms with Crippen molar-refractivity contribution in [3.8, 4) is 11.5 Å². The molecule has 0 unspecified atom stereocenters. The normalized spacial score (nSPS) is 13.8. The lowest BCUT2D eigenvalue weighted by atomic mass is 10.1. The van der Waals surface area contributed by atoms with E-state index in [4.69, 9.17) is 14.5 Å².